The number of H-pyrrole nitrogens is 1. The van der Waals surface area contributed by atoms with E-state index in [4.69, 9.17) is 0 Å². The van der Waals surface area contributed by atoms with Gasteiger partial charge in [-0.25, -0.2) is 5.10 Å². The molecule has 6 heteroatoms. The Balaban J connectivity index is 2.48. The van der Waals surface area contributed by atoms with Crippen LogP contribution in [0.15, 0.2) is 18.7 Å². The van der Waals surface area contributed by atoms with Crippen LogP contribution in [-0.4, -0.2) is 30.2 Å². The Morgan fingerprint density at radius 3 is 2.70 bits per heavy atom. The normalized spacial score (nSPS) is 10.0. The molecule has 0 spiro atoms. The van der Waals surface area contributed by atoms with Crippen molar-refractivity contribution in [2.75, 3.05) is 0 Å². The van der Waals surface area contributed by atoms with E-state index in [0.717, 1.165) is 0 Å². The van der Waals surface area contributed by atoms with Gasteiger partial charge in [0.05, 0.1) is 12.4 Å². The van der Waals surface area contributed by atoms with Gasteiger partial charge in [0.1, 0.15) is 6.33 Å². The van der Waals surface area contributed by atoms with Gasteiger partial charge in [-0.3, -0.25) is 0 Å². The van der Waals surface area contributed by atoms with Gasteiger partial charge in [-0.05, 0) is 0 Å². The minimum Gasteiger partial charge on any atom is -0.242 e. The average Bonchev–Trinajstić information content (AvgIpc) is 2.59. The molecule has 50 valence electrons. The molecule has 0 unspecified atom stereocenters. The molecule has 0 aliphatic rings. The molecule has 0 amide bonds. The van der Waals surface area contributed by atoms with Gasteiger partial charge in [0.25, 0.3) is 5.95 Å². The summed E-state index contributed by atoms with van der Waals surface area (Å²) in [7, 11) is 0. The van der Waals surface area contributed by atoms with Crippen molar-refractivity contribution >= 4 is 0 Å². The van der Waals surface area contributed by atoms with E-state index in [0.29, 0.717) is 5.95 Å². The lowest BCUT2D eigenvalue weighted by Gasteiger charge is -1.87. The van der Waals surface area contributed by atoms with Crippen molar-refractivity contribution in [2.45, 2.75) is 0 Å². The van der Waals surface area contributed by atoms with Crippen LogP contribution in [0.4, 0.5) is 0 Å². The molecule has 0 aliphatic carbocycles. The van der Waals surface area contributed by atoms with Crippen molar-refractivity contribution in [3.63, 3.8) is 0 Å². The van der Waals surface area contributed by atoms with Gasteiger partial charge < -0.3 is 0 Å². The van der Waals surface area contributed by atoms with Crippen molar-refractivity contribution in [3.8, 4) is 5.95 Å². The topological polar surface area (TPSA) is 72.3 Å². The van der Waals surface area contributed by atoms with Crippen LogP contribution in [0, 0.1) is 0 Å². The van der Waals surface area contributed by atoms with Gasteiger partial charge in [-0.15, -0.1) is 4.80 Å². The van der Waals surface area contributed by atoms with E-state index in [1.807, 2.05) is 0 Å². The quantitative estimate of drug-likeness (QED) is 0.567. The molecule has 0 saturated heterocycles. The molecule has 0 aliphatic heterocycles. The molecular weight excluding hydrogens is 132 g/mol. The maximum atomic E-state index is 3.83. The summed E-state index contributed by atoms with van der Waals surface area (Å²) in [5.41, 5.74) is 0. The third-order valence-electron chi connectivity index (χ3n) is 1.01. The maximum Gasteiger partial charge on any atom is 0.264 e. The van der Waals surface area contributed by atoms with E-state index in [9.17, 15) is 0 Å². The first-order chi connectivity index (χ1) is 4.97. The standard InChI is InChI=1S/C4H4N6/c1-2-8-10(7-1)4-5-3-6-9-4/h1-3H,(H,5,6,9). The molecule has 0 atom stereocenters. The SMILES string of the molecule is c1n[nH]c(-n2nccn2)n1. The number of nitrogens with zero attached hydrogens (tertiary/aromatic N) is 5. The van der Waals surface area contributed by atoms with Crippen LogP contribution in [0.2, 0.25) is 0 Å². The molecule has 0 fully saturated rings. The van der Waals surface area contributed by atoms with Gasteiger partial charge in [0, 0.05) is 0 Å². The Bertz CT molecular complexity index is 249. The highest BCUT2D eigenvalue weighted by molar-refractivity contribution is 4.98. The van der Waals surface area contributed by atoms with Crippen LogP contribution in [0.1, 0.15) is 0 Å². The molecule has 2 rings (SSSR count). The van der Waals surface area contributed by atoms with Gasteiger partial charge in [-0.1, -0.05) is 0 Å². The molecule has 2 aromatic heterocycles. The Morgan fingerprint density at radius 1 is 1.30 bits per heavy atom. The first-order valence-corrected chi connectivity index (χ1v) is 2.69. The molecule has 2 heterocycles. The number of rotatable bonds is 1. The highest BCUT2D eigenvalue weighted by atomic mass is 15.5. The van der Waals surface area contributed by atoms with E-state index in [-0.39, 0.29) is 0 Å². The zero-order valence-electron chi connectivity index (χ0n) is 4.97. The molecule has 2 aromatic rings. The van der Waals surface area contributed by atoms with Gasteiger partial charge in [0.2, 0.25) is 0 Å². The summed E-state index contributed by atoms with van der Waals surface area (Å²) in [6.07, 6.45) is 4.55. The first-order valence-electron chi connectivity index (χ1n) is 2.69. The van der Waals surface area contributed by atoms with E-state index in [1.165, 1.54) is 11.1 Å². The van der Waals surface area contributed by atoms with Crippen molar-refractivity contribution < 1.29 is 0 Å². The van der Waals surface area contributed by atoms with E-state index < -0.39 is 0 Å². The first kappa shape index (κ1) is 5.10. The highest BCUT2D eigenvalue weighted by Crippen LogP contribution is 1.88. The maximum absolute atomic E-state index is 3.83. The zero-order valence-corrected chi connectivity index (χ0v) is 4.97. The summed E-state index contributed by atoms with van der Waals surface area (Å²) in [6.45, 7) is 0. The van der Waals surface area contributed by atoms with Crippen LogP contribution in [0.3, 0.4) is 0 Å². The van der Waals surface area contributed by atoms with Crippen molar-refractivity contribution in [1.82, 2.24) is 30.2 Å². The monoisotopic (exact) mass is 136 g/mol. The largest absolute Gasteiger partial charge is 0.264 e. The molecule has 0 bridgehead atoms. The lowest BCUT2D eigenvalue weighted by Crippen LogP contribution is -2.00. The van der Waals surface area contributed by atoms with Crippen LogP contribution < -0.4 is 0 Å². The minimum absolute atomic E-state index is 0.519. The summed E-state index contributed by atoms with van der Waals surface area (Å²) in [5.74, 6) is 0.519. The fourth-order valence-electron chi connectivity index (χ4n) is 0.620. The Labute approximate surface area is 55.9 Å². The van der Waals surface area contributed by atoms with E-state index in [2.05, 4.69) is 25.4 Å². The van der Waals surface area contributed by atoms with Crippen LogP contribution in [-0.2, 0) is 0 Å². The lowest BCUT2D eigenvalue weighted by molar-refractivity contribution is 0.707. The van der Waals surface area contributed by atoms with E-state index in [1.54, 1.807) is 12.4 Å². The third-order valence-corrected chi connectivity index (χ3v) is 1.01. The Kier molecular flexibility index (Phi) is 0.970. The summed E-state index contributed by atoms with van der Waals surface area (Å²) >= 11 is 0. The van der Waals surface area contributed by atoms with Gasteiger partial charge >= 0.3 is 0 Å². The third kappa shape index (κ3) is 0.661. The van der Waals surface area contributed by atoms with Crippen molar-refractivity contribution in [1.29, 1.82) is 0 Å². The summed E-state index contributed by atoms with van der Waals surface area (Å²) in [5, 5.41) is 13.9. The second-order valence-corrected chi connectivity index (χ2v) is 1.63. The lowest BCUT2D eigenvalue weighted by atomic mass is 11.0. The number of aromatic nitrogens is 6. The molecule has 1 N–H and O–H groups in total. The number of nitrogens with one attached hydrogen (secondary N) is 1. The number of hydrogen-bond acceptors (Lipinski definition) is 4. The summed E-state index contributed by atoms with van der Waals surface area (Å²) < 4.78 is 0. The molecule has 0 saturated carbocycles. The molecule has 6 nitrogen and oxygen atoms in total. The van der Waals surface area contributed by atoms with Gasteiger partial charge in [-0.2, -0.15) is 20.3 Å². The second-order valence-electron chi connectivity index (χ2n) is 1.63. The zero-order chi connectivity index (χ0) is 6.81. The fraction of sp³-hybridized carbons (Fsp3) is 0. The fourth-order valence-corrected chi connectivity index (χ4v) is 0.620. The second kappa shape index (κ2) is 1.90. The number of hydrogen-bond donors (Lipinski definition) is 1. The molecule has 10 heavy (non-hydrogen) atoms. The van der Waals surface area contributed by atoms with Crippen LogP contribution >= 0.6 is 0 Å². The van der Waals surface area contributed by atoms with Crippen LogP contribution in [0.25, 0.3) is 5.95 Å². The smallest absolute Gasteiger partial charge is 0.242 e. The predicted molar refractivity (Wildman–Crippen MR) is 31.3 cm³/mol. The number of aromatic amines is 1. The van der Waals surface area contributed by atoms with Crippen molar-refractivity contribution in [3.05, 3.63) is 18.7 Å². The van der Waals surface area contributed by atoms with Crippen LogP contribution in [0.5, 0.6) is 0 Å². The minimum atomic E-state index is 0.519. The highest BCUT2D eigenvalue weighted by Gasteiger charge is 1.96. The molecule has 0 radical (unpaired) electrons. The van der Waals surface area contributed by atoms with Crippen molar-refractivity contribution in [2.24, 2.45) is 0 Å². The summed E-state index contributed by atoms with van der Waals surface area (Å²) in [4.78, 5) is 5.18. The average molecular weight is 136 g/mol. The predicted octanol–water partition coefficient (Wildman–Crippen LogP) is -0.615. The Hall–Kier alpha value is -1.72. The van der Waals surface area contributed by atoms with Gasteiger partial charge in [0.15, 0.2) is 0 Å². The summed E-state index contributed by atoms with van der Waals surface area (Å²) in [6, 6.07) is 0. The van der Waals surface area contributed by atoms with E-state index >= 15 is 0 Å². The molecule has 0 aromatic carbocycles. The Morgan fingerprint density at radius 2 is 2.10 bits per heavy atom. The molecular formula is C4H4N6.